The van der Waals surface area contributed by atoms with Crippen molar-refractivity contribution in [3.63, 3.8) is 0 Å². The highest BCUT2D eigenvalue weighted by Crippen LogP contribution is 2.32. The zero-order valence-electron chi connectivity index (χ0n) is 17.7. The molecule has 8 heteroatoms. The first kappa shape index (κ1) is 23.4. The van der Waals surface area contributed by atoms with Crippen LogP contribution < -0.4 is 15.4 Å². The van der Waals surface area contributed by atoms with Gasteiger partial charge in [0.25, 0.3) is 0 Å². The zero-order valence-corrected chi connectivity index (χ0v) is 19.3. The molecule has 0 aliphatic heterocycles. The summed E-state index contributed by atoms with van der Waals surface area (Å²) in [6.07, 6.45) is 2.91. The lowest BCUT2D eigenvalue weighted by Gasteiger charge is -2.13. The van der Waals surface area contributed by atoms with Crippen LogP contribution in [0.3, 0.4) is 0 Å². The number of anilines is 2. The molecule has 0 spiro atoms. The molecule has 0 saturated heterocycles. The molecular formula is C24H22Cl2N2O4. The molecule has 3 aromatic rings. The summed E-state index contributed by atoms with van der Waals surface area (Å²) in [6.45, 7) is 3.60. The van der Waals surface area contributed by atoms with E-state index in [1.165, 1.54) is 13.2 Å². The second kappa shape index (κ2) is 10.4. The Kier molecular flexibility index (Phi) is 7.62. The molecular weight excluding hydrogens is 451 g/mol. The molecule has 0 saturated carbocycles. The first-order valence-electron chi connectivity index (χ1n) is 9.80. The van der Waals surface area contributed by atoms with Gasteiger partial charge in [-0.2, -0.15) is 0 Å². The van der Waals surface area contributed by atoms with Crippen LogP contribution >= 0.6 is 23.2 Å². The van der Waals surface area contributed by atoms with Crippen LogP contribution in [0.1, 0.15) is 19.6 Å². The summed E-state index contributed by atoms with van der Waals surface area (Å²) < 4.78 is 11.1. The molecule has 0 fully saturated rings. The maximum absolute atomic E-state index is 12.3. The molecule has 6 nitrogen and oxygen atoms in total. The zero-order chi connectivity index (χ0) is 23.3. The fourth-order valence-electron chi connectivity index (χ4n) is 2.77. The average molecular weight is 473 g/mol. The van der Waals surface area contributed by atoms with Gasteiger partial charge in [-0.1, -0.05) is 37.0 Å². The van der Waals surface area contributed by atoms with Gasteiger partial charge in [-0.15, -0.1) is 0 Å². The van der Waals surface area contributed by atoms with Gasteiger partial charge in [0.15, 0.2) is 0 Å². The van der Waals surface area contributed by atoms with Gasteiger partial charge >= 0.3 is 0 Å². The minimum Gasteiger partial charge on any atom is -0.494 e. The van der Waals surface area contributed by atoms with Crippen molar-refractivity contribution >= 4 is 52.5 Å². The third kappa shape index (κ3) is 5.93. The highest BCUT2D eigenvalue weighted by atomic mass is 35.5. The van der Waals surface area contributed by atoms with E-state index in [9.17, 15) is 9.59 Å². The number of hydrogen-bond acceptors (Lipinski definition) is 4. The smallest absolute Gasteiger partial charge is 0.248 e. The molecule has 32 heavy (non-hydrogen) atoms. The predicted molar refractivity (Wildman–Crippen MR) is 128 cm³/mol. The molecule has 0 aliphatic carbocycles. The van der Waals surface area contributed by atoms with Crippen LogP contribution in [0, 0.1) is 5.92 Å². The fraction of sp³-hybridized carbons (Fsp3) is 0.167. The van der Waals surface area contributed by atoms with Gasteiger partial charge in [-0.05, 0) is 48.5 Å². The number of rotatable bonds is 7. The highest BCUT2D eigenvalue weighted by molar-refractivity contribution is 6.36. The van der Waals surface area contributed by atoms with E-state index in [1.807, 2.05) is 0 Å². The molecule has 3 rings (SSSR count). The van der Waals surface area contributed by atoms with Crippen molar-refractivity contribution in [3.8, 4) is 17.1 Å². The van der Waals surface area contributed by atoms with E-state index >= 15 is 0 Å². The maximum Gasteiger partial charge on any atom is 0.248 e. The summed E-state index contributed by atoms with van der Waals surface area (Å²) >= 11 is 12.1. The first-order chi connectivity index (χ1) is 15.3. The summed E-state index contributed by atoms with van der Waals surface area (Å²) in [5.41, 5.74) is 1.76. The van der Waals surface area contributed by atoms with Crippen molar-refractivity contribution in [1.82, 2.24) is 0 Å². The van der Waals surface area contributed by atoms with Gasteiger partial charge in [-0.25, -0.2) is 0 Å². The van der Waals surface area contributed by atoms with Gasteiger partial charge in [0.2, 0.25) is 11.8 Å². The second-order valence-electron chi connectivity index (χ2n) is 7.21. The number of amides is 2. The van der Waals surface area contributed by atoms with Crippen molar-refractivity contribution < 1.29 is 18.7 Å². The Labute approximate surface area is 196 Å². The van der Waals surface area contributed by atoms with Crippen molar-refractivity contribution in [2.75, 3.05) is 17.7 Å². The van der Waals surface area contributed by atoms with Gasteiger partial charge in [0.1, 0.15) is 17.3 Å². The van der Waals surface area contributed by atoms with Crippen LogP contribution in [-0.4, -0.2) is 18.9 Å². The third-order valence-electron chi connectivity index (χ3n) is 4.47. The summed E-state index contributed by atoms with van der Waals surface area (Å²) in [7, 11) is 1.49. The van der Waals surface area contributed by atoms with Gasteiger partial charge in [0.05, 0.1) is 17.8 Å². The quantitative estimate of drug-likeness (QED) is 0.384. The predicted octanol–water partition coefficient (Wildman–Crippen LogP) is 6.51. The van der Waals surface area contributed by atoms with Crippen LogP contribution in [0.2, 0.25) is 10.0 Å². The number of carbonyl (C=O) groups excluding carboxylic acids is 2. The standard InChI is InChI=1S/C24H22Cl2N2O4/c1-14(2)24(30)28-20-9-5-16(13-22(20)31-3)27-23(29)11-7-17-6-10-21(32-17)18-8-4-15(25)12-19(18)26/h4-14H,1-3H3,(H,27,29)(H,28,30)/b11-7+. The number of halogens is 2. The van der Waals surface area contributed by atoms with E-state index in [4.69, 9.17) is 32.4 Å². The molecule has 0 atom stereocenters. The lowest BCUT2D eigenvalue weighted by molar-refractivity contribution is -0.119. The van der Waals surface area contributed by atoms with Gasteiger partial charge in [0, 0.05) is 34.3 Å². The first-order valence-corrected chi connectivity index (χ1v) is 10.6. The van der Waals surface area contributed by atoms with Crippen LogP contribution in [0.25, 0.3) is 17.4 Å². The SMILES string of the molecule is COc1cc(NC(=O)/C=C/c2ccc(-c3ccc(Cl)cc3Cl)o2)ccc1NC(=O)C(C)C. The third-order valence-corrected chi connectivity index (χ3v) is 5.02. The Hall–Kier alpha value is -3.22. The number of benzene rings is 2. The van der Waals surface area contributed by atoms with Crippen molar-refractivity contribution in [1.29, 1.82) is 0 Å². The molecule has 0 aliphatic rings. The minimum atomic E-state index is -0.353. The molecule has 1 aromatic heterocycles. The van der Waals surface area contributed by atoms with Gasteiger partial charge in [-0.3, -0.25) is 9.59 Å². The van der Waals surface area contributed by atoms with E-state index in [0.29, 0.717) is 44.3 Å². The second-order valence-corrected chi connectivity index (χ2v) is 8.05. The van der Waals surface area contributed by atoms with Crippen LogP contribution in [0.15, 0.2) is 59.0 Å². The summed E-state index contributed by atoms with van der Waals surface area (Å²) in [6, 6.07) is 13.6. The summed E-state index contributed by atoms with van der Waals surface area (Å²) in [4.78, 5) is 24.2. The Bertz CT molecular complexity index is 1170. The minimum absolute atomic E-state index is 0.124. The molecule has 2 N–H and O–H groups in total. The van der Waals surface area contributed by atoms with Crippen LogP contribution in [0.5, 0.6) is 5.75 Å². The lowest BCUT2D eigenvalue weighted by atomic mass is 10.2. The number of nitrogens with one attached hydrogen (secondary N) is 2. The molecule has 0 bridgehead atoms. The molecule has 166 valence electrons. The summed E-state index contributed by atoms with van der Waals surface area (Å²) in [5.74, 6) is 0.855. The highest BCUT2D eigenvalue weighted by Gasteiger charge is 2.12. The monoisotopic (exact) mass is 472 g/mol. The maximum atomic E-state index is 12.3. The Morgan fingerprint density at radius 2 is 1.81 bits per heavy atom. The molecule has 0 radical (unpaired) electrons. The fourth-order valence-corrected chi connectivity index (χ4v) is 3.27. The summed E-state index contributed by atoms with van der Waals surface area (Å²) in [5, 5.41) is 6.55. The molecule has 0 unspecified atom stereocenters. The van der Waals surface area contributed by atoms with Gasteiger partial charge < -0.3 is 19.8 Å². The number of hydrogen-bond donors (Lipinski definition) is 2. The number of carbonyl (C=O) groups is 2. The lowest BCUT2D eigenvalue weighted by Crippen LogP contribution is -2.18. The average Bonchev–Trinajstić information content (AvgIpc) is 3.22. The van der Waals surface area contributed by atoms with E-state index in [2.05, 4.69) is 10.6 Å². The molecule has 1 heterocycles. The van der Waals surface area contributed by atoms with Crippen molar-refractivity contribution in [2.45, 2.75) is 13.8 Å². The number of furan rings is 1. The van der Waals surface area contributed by atoms with E-state index in [1.54, 1.807) is 68.5 Å². The van der Waals surface area contributed by atoms with Crippen molar-refractivity contribution in [3.05, 3.63) is 70.4 Å². The Morgan fingerprint density at radius 1 is 1.03 bits per heavy atom. The van der Waals surface area contributed by atoms with Crippen LogP contribution in [0.4, 0.5) is 11.4 Å². The van der Waals surface area contributed by atoms with E-state index < -0.39 is 0 Å². The van der Waals surface area contributed by atoms with Crippen LogP contribution in [-0.2, 0) is 9.59 Å². The molecule has 2 aromatic carbocycles. The molecule has 2 amide bonds. The largest absolute Gasteiger partial charge is 0.494 e. The normalized spacial score (nSPS) is 11.1. The van der Waals surface area contributed by atoms with E-state index in [-0.39, 0.29) is 17.7 Å². The number of methoxy groups -OCH3 is 1. The topological polar surface area (TPSA) is 80.6 Å². The van der Waals surface area contributed by atoms with Crippen molar-refractivity contribution in [2.24, 2.45) is 5.92 Å². The number of ether oxygens (including phenoxy) is 1. The Balaban J connectivity index is 1.67. The van der Waals surface area contributed by atoms with E-state index in [0.717, 1.165) is 0 Å². The Morgan fingerprint density at radius 3 is 2.50 bits per heavy atom.